The molecule has 0 fully saturated rings. The van der Waals surface area contributed by atoms with Crippen LogP contribution in [0.4, 0.5) is 8.78 Å². The van der Waals surface area contributed by atoms with E-state index in [0.29, 0.717) is 36.1 Å². The molecule has 0 saturated heterocycles. The van der Waals surface area contributed by atoms with Crippen LogP contribution in [0.5, 0.6) is 5.75 Å². The number of aliphatic carboxylic acids is 1. The number of benzene rings is 3. The van der Waals surface area contributed by atoms with E-state index in [4.69, 9.17) is 14.3 Å². The second-order valence-corrected chi connectivity index (χ2v) is 8.00. The van der Waals surface area contributed by atoms with Gasteiger partial charge in [-0.1, -0.05) is 30.3 Å². The molecule has 176 valence electrons. The smallest absolute Gasteiger partial charge is 0.317 e. The van der Waals surface area contributed by atoms with Crippen LogP contribution in [0.3, 0.4) is 0 Å². The Morgan fingerprint density at radius 3 is 2.47 bits per heavy atom. The zero-order valence-corrected chi connectivity index (χ0v) is 18.4. The monoisotopic (exact) mass is 465 g/mol. The third kappa shape index (κ3) is 5.61. The van der Waals surface area contributed by atoms with Crippen LogP contribution in [0.15, 0.2) is 89.5 Å². The maximum absolute atomic E-state index is 15.2. The fourth-order valence-corrected chi connectivity index (χ4v) is 3.80. The largest absolute Gasteiger partial charge is 0.486 e. The van der Waals surface area contributed by atoms with Crippen LogP contribution in [-0.4, -0.2) is 24.2 Å². The van der Waals surface area contributed by atoms with E-state index >= 15 is 8.78 Å². The topological polar surface area (TPSA) is 71.7 Å². The molecule has 1 atom stereocenters. The number of carboxylic acid groups (broad SMARTS) is 1. The first kappa shape index (κ1) is 23.4. The van der Waals surface area contributed by atoms with Gasteiger partial charge in [-0.2, -0.15) is 8.78 Å². The number of nitrogens with one attached hydrogen (secondary N) is 1. The SMILES string of the molecule is O=C(O)CNCCCC(Oc1ccc(C(F)(F)c2ccc3occc3c2)cc1)c1ccccc1. The molecule has 2 N–H and O–H groups in total. The number of rotatable bonds is 11. The van der Waals surface area contributed by atoms with Crippen LogP contribution in [0.2, 0.25) is 0 Å². The van der Waals surface area contributed by atoms with E-state index in [1.165, 1.54) is 30.5 Å². The van der Waals surface area contributed by atoms with Gasteiger partial charge in [0.1, 0.15) is 17.4 Å². The molecule has 0 saturated carbocycles. The molecule has 4 rings (SSSR count). The number of alkyl halides is 2. The van der Waals surface area contributed by atoms with Crippen molar-refractivity contribution in [2.75, 3.05) is 13.1 Å². The number of furan rings is 1. The molecule has 0 spiro atoms. The molecule has 34 heavy (non-hydrogen) atoms. The molecule has 0 aliphatic rings. The van der Waals surface area contributed by atoms with Crippen LogP contribution < -0.4 is 10.1 Å². The van der Waals surface area contributed by atoms with Gasteiger partial charge < -0.3 is 19.6 Å². The Bertz CT molecular complexity index is 1220. The Balaban J connectivity index is 1.46. The lowest BCUT2D eigenvalue weighted by atomic mass is 9.99. The molecule has 0 bridgehead atoms. The maximum Gasteiger partial charge on any atom is 0.317 e. The first-order chi connectivity index (χ1) is 16.4. The van der Waals surface area contributed by atoms with Gasteiger partial charge in [0.05, 0.1) is 12.8 Å². The highest BCUT2D eigenvalue weighted by molar-refractivity contribution is 5.78. The van der Waals surface area contributed by atoms with Crippen molar-refractivity contribution >= 4 is 16.9 Å². The Hall–Kier alpha value is -3.71. The third-order valence-corrected chi connectivity index (χ3v) is 5.58. The zero-order chi connectivity index (χ0) is 24.0. The summed E-state index contributed by atoms with van der Waals surface area (Å²) in [6.07, 6.45) is 2.52. The molecular formula is C27H25F2NO4. The first-order valence-corrected chi connectivity index (χ1v) is 11.0. The number of carboxylic acids is 1. The van der Waals surface area contributed by atoms with Crippen molar-refractivity contribution in [1.82, 2.24) is 5.32 Å². The summed E-state index contributed by atoms with van der Waals surface area (Å²) in [5, 5.41) is 12.2. The highest BCUT2D eigenvalue weighted by atomic mass is 19.3. The number of halogens is 2. The van der Waals surface area contributed by atoms with Crippen LogP contribution in [-0.2, 0) is 10.7 Å². The Kier molecular flexibility index (Phi) is 7.23. The summed E-state index contributed by atoms with van der Waals surface area (Å²) in [6, 6.07) is 21.5. The van der Waals surface area contributed by atoms with Crippen LogP contribution >= 0.6 is 0 Å². The van der Waals surface area contributed by atoms with Crippen molar-refractivity contribution in [1.29, 1.82) is 0 Å². The molecule has 1 unspecified atom stereocenters. The standard InChI is InChI=1S/C27H25F2NO4/c28-27(29,22-10-13-24-20(17-22)14-16-33-24)21-8-11-23(12-9-21)34-25(19-5-2-1-3-6-19)7-4-15-30-18-26(31)32/h1-3,5-6,8-14,16-17,25,30H,4,7,15,18H2,(H,31,32). The Morgan fingerprint density at radius 2 is 1.74 bits per heavy atom. The number of hydrogen-bond acceptors (Lipinski definition) is 4. The lowest BCUT2D eigenvalue weighted by molar-refractivity contribution is -0.135. The van der Waals surface area contributed by atoms with Gasteiger partial charge in [-0.3, -0.25) is 4.79 Å². The van der Waals surface area contributed by atoms with Gasteiger partial charge in [-0.25, -0.2) is 0 Å². The molecule has 0 radical (unpaired) electrons. The molecule has 0 aliphatic carbocycles. The minimum atomic E-state index is -3.17. The summed E-state index contributed by atoms with van der Waals surface area (Å²) in [4.78, 5) is 10.6. The molecule has 5 nitrogen and oxygen atoms in total. The van der Waals surface area contributed by atoms with Gasteiger partial charge in [-0.15, -0.1) is 0 Å². The summed E-state index contributed by atoms with van der Waals surface area (Å²) in [7, 11) is 0. The quantitative estimate of drug-likeness (QED) is 0.260. The zero-order valence-electron chi connectivity index (χ0n) is 18.4. The van der Waals surface area contributed by atoms with E-state index in [0.717, 1.165) is 5.56 Å². The minimum absolute atomic E-state index is 0.0972. The van der Waals surface area contributed by atoms with Gasteiger partial charge in [0.25, 0.3) is 5.92 Å². The predicted octanol–water partition coefficient (Wildman–Crippen LogP) is 6.15. The molecule has 0 amide bonds. The third-order valence-electron chi connectivity index (χ3n) is 5.58. The summed E-state index contributed by atoms with van der Waals surface area (Å²) >= 11 is 0. The average Bonchev–Trinajstić information content (AvgIpc) is 3.32. The maximum atomic E-state index is 15.2. The van der Waals surface area contributed by atoms with E-state index in [9.17, 15) is 4.79 Å². The molecular weight excluding hydrogens is 440 g/mol. The second kappa shape index (κ2) is 10.5. The van der Waals surface area contributed by atoms with E-state index in [1.54, 1.807) is 24.3 Å². The second-order valence-electron chi connectivity index (χ2n) is 8.00. The van der Waals surface area contributed by atoms with Crippen LogP contribution in [0.25, 0.3) is 11.0 Å². The highest BCUT2D eigenvalue weighted by Gasteiger charge is 2.34. The van der Waals surface area contributed by atoms with E-state index in [1.807, 2.05) is 30.3 Å². The number of fused-ring (bicyclic) bond motifs is 1. The lowest BCUT2D eigenvalue weighted by Gasteiger charge is -2.21. The molecule has 3 aromatic carbocycles. The average molecular weight is 465 g/mol. The number of carbonyl (C=O) groups is 1. The van der Waals surface area contributed by atoms with Crippen LogP contribution in [0.1, 0.15) is 35.6 Å². The minimum Gasteiger partial charge on any atom is -0.486 e. The predicted molar refractivity (Wildman–Crippen MR) is 125 cm³/mol. The Labute approximate surface area is 196 Å². The Morgan fingerprint density at radius 1 is 1.00 bits per heavy atom. The molecule has 7 heteroatoms. The molecule has 0 aliphatic heterocycles. The lowest BCUT2D eigenvalue weighted by Crippen LogP contribution is -2.24. The summed E-state index contributed by atoms with van der Waals surface area (Å²) in [6.45, 7) is 0.436. The van der Waals surface area contributed by atoms with Gasteiger partial charge >= 0.3 is 5.97 Å². The summed E-state index contributed by atoms with van der Waals surface area (Å²) < 4.78 is 41.7. The molecule has 1 aromatic heterocycles. The first-order valence-electron chi connectivity index (χ1n) is 11.0. The van der Waals surface area contributed by atoms with Crippen molar-refractivity contribution in [3.63, 3.8) is 0 Å². The van der Waals surface area contributed by atoms with E-state index < -0.39 is 11.9 Å². The van der Waals surface area contributed by atoms with Gasteiger partial charge in [0, 0.05) is 16.5 Å². The van der Waals surface area contributed by atoms with Crippen LogP contribution in [0, 0.1) is 0 Å². The molecule has 4 aromatic rings. The van der Waals surface area contributed by atoms with E-state index in [-0.39, 0.29) is 23.8 Å². The van der Waals surface area contributed by atoms with Crippen molar-refractivity contribution in [3.05, 3.63) is 102 Å². The van der Waals surface area contributed by atoms with Gasteiger partial charge in [0.15, 0.2) is 0 Å². The van der Waals surface area contributed by atoms with Crippen molar-refractivity contribution < 1.29 is 27.8 Å². The van der Waals surface area contributed by atoms with Gasteiger partial charge in [-0.05, 0) is 73.5 Å². The fraction of sp³-hybridized carbons (Fsp3) is 0.222. The van der Waals surface area contributed by atoms with Crippen molar-refractivity contribution in [2.45, 2.75) is 24.9 Å². The fourth-order valence-electron chi connectivity index (χ4n) is 3.80. The molecule has 1 heterocycles. The normalized spacial score (nSPS) is 12.5. The number of hydrogen-bond donors (Lipinski definition) is 2. The van der Waals surface area contributed by atoms with E-state index in [2.05, 4.69) is 5.32 Å². The highest BCUT2D eigenvalue weighted by Crippen LogP contribution is 2.38. The summed E-state index contributed by atoms with van der Waals surface area (Å²) in [5.74, 6) is -3.59. The number of ether oxygens (including phenoxy) is 1. The summed E-state index contributed by atoms with van der Waals surface area (Å²) in [5.41, 5.74) is 1.29. The van der Waals surface area contributed by atoms with Gasteiger partial charge in [0.2, 0.25) is 0 Å². The van der Waals surface area contributed by atoms with Crippen molar-refractivity contribution in [3.8, 4) is 5.75 Å². The van der Waals surface area contributed by atoms with Crippen molar-refractivity contribution in [2.24, 2.45) is 0 Å².